The first-order valence-electron chi connectivity index (χ1n) is 12.2. The number of hydrogen-bond donors (Lipinski definition) is 8. The number of aliphatic hydroxyl groups is 2. The lowest BCUT2D eigenvalue weighted by Gasteiger charge is -2.21. The number of nitrogens with two attached hydrogens (primary N) is 1. The van der Waals surface area contributed by atoms with Crippen LogP contribution >= 0.6 is 23.4 Å². The molecule has 0 aliphatic carbocycles. The van der Waals surface area contributed by atoms with Gasteiger partial charge in [0.05, 0.1) is 12.9 Å². The van der Waals surface area contributed by atoms with Crippen LogP contribution in [0.3, 0.4) is 0 Å². The van der Waals surface area contributed by atoms with Crippen LogP contribution in [-0.4, -0.2) is 81.8 Å². The van der Waals surface area contributed by atoms with Crippen LogP contribution in [0.4, 0.5) is 11.5 Å². The number of phosphoric ester groups is 1. The van der Waals surface area contributed by atoms with Crippen LogP contribution in [0, 0.1) is 0 Å². The lowest BCUT2D eigenvalue weighted by atomic mass is 10.1. The van der Waals surface area contributed by atoms with E-state index in [9.17, 15) is 43.4 Å². The third-order valence-corrected chi connectivity index (χ3v) is 10.2. The van der Waals surface area contributed by atoms with Crippen LogP contribution in [0.1, 0.15) is 18.7 Å². The number of carbonyl (C=O) groups is 1. The van der Waals surface area contributed by atoms with Crippen molar-refractivity contribution in [1.82, 2.24) is 24.8 Å². The lowest BCUT2D eigenvalue weighted by Crippen LogP contribution is -2.33. The second kappa shape index (κ2) is 13.0. The largest absolute Gasteiger partial charge is 0.489 e. The molecule has 4 rings (SSSR count). The minimum Gasteiger partial charge on any atom is -0.387 e. The van der Waals surface area contributed by atoms with Crippen LogP contribution in [0.25, 0.3) is 11.2 Å². The van der Waals surface area contributed by atoms with Gasteiger partial charge in [0.15, 0.2) is 17.7 Å². The highest BCUT2D eigenvalue weighted by molar-refractivity contribution is 7.68. The van der Waals surface area contributed by atoms with Gasteiger partial charge in [0.25, 0.3) is 0 Å². The summed E-state index contributed by atoms with van der Waals surface area (Å²) >= 11 is 0. The summed E-state index contributed by atoms with van der Waals surface area (Å²) in [6, 6.07) is 5.80. The van der Waals surface area contributed by atoms with Crippen LogP contribution in [0.2, 0.25) is 0 Å². The van der Waals surface area contributed by atoms with Gasteiger partial charge in [0.1, 0.15) is 30.2 Å². The van der Waals surface area contributed by atoms with Gasteiger partial charge >= 0.3 is 23.4 Å². The van der Waals surface area contributed by atoms with Crippen LogP contribution in [0.15, 0.2) is 36.9 Å². The van der Waals surface area contributed by atoms with Crippen LogP contribution in [0.5, 0.6) is 0 Å². The molecule has 3 aromatic rings. The number of carbonyl (C=O) groups excluding carboxylic acids is 1. The highest BCUT2D eigenvalue weighted by Crippen LogP contribution is 2.67. The molecule has 9 N–H and O–H groups in total. The molecule has 0 bridgehead atoms. The summed E-state index contributed by atoms with van der Waals surface area (Å²) < 4.78 is 56.7. The van der Waals surface area contributed by atoms with E-state index in [-0.39, 0.29) is 28.6 Å². The van der Waals surface area contributed by atoms with E-state index >= 15 is 0 Å². The maximum atomic E-state index is 12.4. The first-order chi connectivity index (χ1) is 20.1. The molecule has 1 aliphatic rings. The van der Waals surface area contributed by atoms with Crippen molar-refractivity contribution in [3.05, 3.63) is 42.5 Å². The van der Waals surface area contributed by atoms with Crippen molar-refractivity contribution in [3.63, 3.8) is 0 Å². The molecular formula is C20H28N7O13P3. The minimum absolute atomic E-state index is 0.0159. The number of ether oxygens (including phenoxy) is 1. The number of rotatable bonds is 13. The predicted molar refractivity (Wildman–Crippen MR) is 146 cm³/mol. The van der Waals surface area contributed by atoms with E-state index in [1.165, 1.54) is 30.0 Å². The van der Waals surface area contributed by atoms with Gasteiger partial charge in [-0.25, -0.2) is 28.6 Å². The van der Waals surface area contributed by atoms with Crippen LogP contribution < -0.4 is 16.1 Å². The molecule has 2 aromatic heterocycles. The van der Waals surface area contributed by atoms with Gasteiger partial charge in [-0.2, -0.15) is 8.62 Å². The first kappa shape index (κ1) is 33.1. The highest BCUT2D eigenvalue weighted by Gasteiger charge is 2.47. The van der Waals surface area contributed by atoms with E-state index in [2.05, 4.69) is 33.4 Å². The molecule has 3 heterocycles. The van der Waals surface area contributed by atoms with Crippen molar-refractivity contribution in [2.45, 2.75) is 37.9 Å². The minimum atomic E-state index is -5.72. The average molecular weight is 667 g/mol. The Kier molecular flexibility index (Phi) is 10.0. The van der Waals surface area contributed by atoms with Gasteiger partial charge in [-0.1, -0.05) is 12.1 Å². The molecule has 236 valence electrons. The summed E-state index contributed by atoms with van der Waals surface area (Å²) in [5, 5.41) is 25.4. The molecule has 1 saturated heterocycles. The number of fused-ring (bicyclic) bond motifs is 1. The van der Waals surface area contributed by atoms with Crippen LogP contribution in [-0.2, 0) is 42.8 Å². The number of hydrogen-bond acceptors (Lipinski definition) is 14. The maximum Gasteiger partial charge on any atom is 0.489 e. The van der Waals surface area contributed by atoms with E-state index < -0.39 is 54.5 Å². The van der Waals surface area contributed by atoms with Gasteiger partial charge in [-0.05, 0) is 24.1 Å². The van der Waals surface area contributed by atoms with Gasteiger partial charge in [0.2, 0.25) is 5.91 Å². The Balaban J connectivity index is 1.32. The van der Waals surface area contributed by atoms with Crippen molar-refractivity contribution >= 4 is 52.0 Å². The normalized spacial score (nSPS) is 24.6. The number of nitrogen functional groups attached to an aromatic ring is 1. The number of benzene rings is 1. The molecule has 23 heteroatoms. The van der Waals surface area contributed by atoms with E-state index in [0.717, 1.165) is 11.9 Å². The summed E-state index contributed by atoms with van der Waals surface area (Å²) in [4.78, 5) is 52.5. The number of amides is 1. The maximum absolute atomic E-state index is 12.4. The quantitative estimate of drug-likeness (QED) is 0.113. The van der Waals surface area contributed by atoms with Crippen molar-refractivity contribution in [1.29, 1.82) is 0 Å². The molecule has 1 aromatic carbocycles. The second-order valence-corrected chi connectivity index (χ2v) is 13.8. The number of imidazole rings is 1. The number of nitrogens with one attached hydrogen (secondary N) is 2. The number of aromatic nitrogens is 4. The van der Waals surface area contributed by atoms with Crippen molar-refractivity contribution < 1.29 is 61.3 Å². The second-order valence-electron chi connectivity index (χ2n) is 9.09. The monoisotopic (exact) mass is 667 g/mol. The SMILES string of the molecule is CC(=O)NCCc1ccc(NP(=O)(O)OP(=O)(O)OP(=O)(O)OCC2OC(n3cnc4c(N)ncnc43)C(O)C2O)cc1. The molecular weight excluding hydrogens is 639 g/mol. The van der Waals surface area contributed by atoms with Crippen molar-refractivity contribution in [2.24, 2.45) is 0 Å². The topological polar surface area (TPSA) is 300 Å². The Morgan fingerprint density at radius 1 is 1.05 bits per heavy atom. The predicted octanol–water partition coefficient (Wildman–Crippen LogP) is 0.169. The molecule has 20 nitrogen and oxygen atoms in total. The number of anilines is 2. The van der Waals surface area contributed by atoms with E-state index in [1.54, 1.807) is 12.1 Å². The number of nitrogens with zero attached hydrogens (tertiary/aromatic N) is 4. The standard InChI is InChI=1S/C20H28N7O13P3/c1-11(28)22-7-6-12-2-4-13(5-3-12)26-41(31,32)39-43(35,36)40-42(33,34)37-8-14-16(29)17(30)20(38-14)27-10-25-15-18(21)23-9-24-19(15)27/h2-5,9-10,14,16-17,20,29-30H,6-8H2,1H3,(H,22,28)(H,33,34)(H,35,36)(H2,21,23,24)(H2,26,31,32). The zero-order chi connectivity index (χ0) is 31.6. The Bertz CT molecular complexity index is 1610. The number of aliphatic hydroxyl groups excluding tert-OH is 2. The fourth-order valence-corrected chi connectivity index (χ4v) is 7.65. The zero-order valence-corrected chi connectivity index (χ0v) is 24.8. The molecule has 1 amide bonds. The smallest absolute Gasteiger partial charge is 0.387 e. The van der Waals surface area contributed by atoms with Crippen molar-refractivity contribution in [3.8, 4) is 0 Å². The average Bonchev–Trinajstić information content (AvgIpc) is 3.44. The highest BCUT2D eigenvalue weighted by atomic mass is 31.3. The number of phosphoric acid groups is 2. The van der Waals surface area contributed by atoms with Gasteiger partial charge in [-0.3, -0.25) is 19.0 Å². The summed E-state index contributed by atoms with van der Waals surface area (Å²) in [5.74, 6) is -0.162. The molecule has 0 spiro atoms. The molecule has 0 radical (unpaired) electrons. The first-order valence-corrected chi connectivity index (χ1v) is 16.7. The Morgan fingerprint density at radius 2 is 1.74 bits per heavy atom. The fraction of sp³-hybridized carbons (Fsp3) is 0.400. The molecule has 7 atom stereocenters. The molecule has 1 fully saturated rings. The summed E-state index contributed by atoms with van der Waals surface area (Å²) in [5.41, 5.74) is 6.82. The molecule has 1 aliphatic heterocycles. The zero-order valence-electron chi connectivity index (χ0n) is 22.1. The Morgan fingerprint density at radius 3 is 2.42 bits per heavy atom. The summed E-state index contributed by atoms with van der Waals surface area (Å²) in [6.07, 6.45) is -3.24. The van der Waals surface area contributed by atoms with E-state index in [4.69, 9.17) is 10.5 Å². The molecule has 0 saturated carbocycles. The fourth-order valence-electron chi connectivity index (χ4n) is 3.94. The molecule has 43 heavy (non-hydrogen) atoms. The van der Waals surface area contributed by atoms with Gasteiger partial charge in [-0.15, -0.1) is 0 Å². The third kappa shape index (κ3) is 8.63. The van der Waals surface area contributed by atoms with E-state index in [1.807, 2.05) is 5.09 Å². The van der Waals surface area contributed by atoms with Gasteiger partial charge < -0.3 is 40.7 Å². The van der Waals surface area contributed by atoms with Crippen molar-refractivity contribution in [2.75, 3.05) is 24.0 Å². The third-order valence-electron chi connectivity index (χ3n) is 5.83. The van der Waals surface area contributed by atoms with E-state index in [0.29, 0.717) is 13.0 Å². The lowest BCUT2D eigenvalue weighted by molar-refractivity contribution is -0.118. The summed E-state index contributed by atoms with van der Waals surface area (Å²) in [7, 11) is -16.4. The van der Waals surface area contributed by atoms with Gasteiger partial charge in [0, 0.05) is 19.2 Å². The summed E-state index contributed by atoms with van der Waals surface area (Å²) in [6.45, 7) is 0.776. The Labute approximate surface area is 242 Å². The Hall–Kier alpha value is -2.83. The molecule has 7 unspecified atom stereocenters.